The maximum Gasteiger partial charge on any atom is 0.272 e. The lowest BCUT2D eigenvalue weighted by Crippen LogP contribution is -2.18. The summed E-state index contributed by atoms with van der Waals surface area (Å²) in [6.45, 7) is 0. The lowest BCUT2D eigenvalue weighted by Gasteiger charge is -2.08. The topological polar surface area (TPSA) is 91.0 Å². The Morgan fingerprint density at radius 2 is 1.90 bits per heavy atom. The summed E-state index contributed by atoms with van der Waals surface area (Å²) in [5, 5.41) is 13.6. The molecule has 4 aromatic rings. The molecule has 0 atom stereocenters. The van der Waals surface area contributed by atoms with E-state index in [1.807, 2.05) is 36.4 Å². The van der Waals surface area contributed by atoms with E-state index in [-0.39, 0.29) is 5.91 Å². The molecule has 1 N–H and O–H groups in total. The predicted octanol–water partition coefficient (Wildman–Crippen LogP) is 3.93. The predicted molar refractivity (Wildman–Crippen MR) is 111 cm³/mol. The normalized spacial score (nSPS) is 10.7. The van der Waals surface area contributed by atoms with Gasteiger partial charge in [-0.25, -0.2) is 10.4 Å². The van der Waals surface area contributed by atoms with Crippen LogP contribution in [0.4, 0.5) is 0 Å². The highest BCUT2D eigenvalue weighted by atomic mass is 16.2. The molecule has 0 radical (unpaired) electrons. The number of para-hydroxylation sites is 1. The van der Waals surface area contributed by atoms with Gasteiger partial charge in [-0.3, -0.25) is 9.78 Å². The monoisotopic (exact) mass is 377 g/mol. The van der Waals surface area contributed by atoms with Gasteiger partial charge in [0, 0.05) is 23.3 Å². The molecule has 138 valence electrons. The summed E-state index contributed by atoms with van der Waals surface area (Å²) in [4.78, 5) is 21.6. The van der Waals surface area contributed by atoms with Crippen molar-refractivity contribution in [3.8, 4) is 17.3 Å². The number of nitrogens with one attached hydrogen (secondary N) is 1. The first kappa shape index (κ1) is 18.0. The number of aromatic nitrogens is 2. The van der Waals surface area contributed by atoms with Gasteiger partial charge in [0.05, 0.1) is 34.6 Å². The minimum absolute atomic E-state index is 0.335. The molecule has 0 bridgehead atoms. The van der Waals surface area contributed by atoms with Crippen molar-refractivity contribution in [2.75, 3.05) is 0 Å². The van der Waals surface area contributed by atoms with Gasteiger partial charge in [0.2, 0.25) is 0 Å². The molecule has 2 aromatic carbocycles. The van der Waals surface area contributed by atoms with Gasteiger partial charge in [0.1, 0.15) is 0 Å². The second-order valence-electron chi connectivity index (χ2n) is 6.25. The molecule has 0 spiro atoms. The molecule has 2 aromatic heterocycles. The van der Waals surface area contributed by atoms with Gasteiger partial charge in [-0.15, -0.1) is 0 Å². The number of amides is 1. The van der Waals surface area contributed by atoms with E-state index < -0.39 is 0 Å². The molecule has 0 aliphatic rings. The van der Waals surface area contributed by atoms with Crippen LogP contribution in [0, 0.1) is 11.3 Å². The van der Waals surface area contributed by atoms with Crippen LogP contribution >= 0.6 is 0 Å². The Morgan fingerprint density at radius 3 is 2.66 bits per heavy atom. The van der Waals surface area contributed by atoms with Gasteiger partial charge in [-0.2, -0.15) is 10.4 Å². The fraction of sp³-hybridized carbons (Fsp3) is 0. The Labute approximate surface area is 167 Å². The molecule has 0 fully saturated rings. The van der Waals surface area contributed by atoms with Gasteiger partial charge in [-0.05, 0) is 42.0 Å². The van der Waals surface area contributed by atoms with Crippen LogP contribution in [-0.4, -0.2) is 22.1 Å². The Balaban J connectivity index is 1.64. The Bertz CT molecular complexity index is 1240. The van der Waals surface area contributed by atoms with E-state index >= 15 is 0 Å². The highest BCUT2D eigenvalue weighted by molar-refractivity contribution is 6.07. The van der Waals surface area contributed by atoms with Crippen LogP contribution in [0.15, 0.2) is 84.2 Å². The molecule has 0 saturated carbocycles. The average Bonchev–Trinajstić information content (AvgIpc) is 2.79. The largest absolute Gasteiger partial charge is 0.272 e. The molecule has 0 aliphatic heterocycles. The first-order chi connectivity index (χ1) is 14.2. The second kappa shape index (κ2) is 8.11. The molecule has 4 rings (SSSR count). The second-order valence-corrected chi connectivity index (χ2v) is 6.25. The number of rotatable bonds is 4. The first-order valence-electron chi connectivity index (χ1n) is 8.88. The molecular weight excluding hydrogens is 362 g/mol. The number of fused-ring (bicyclic) bond motifs is 1. The van der Waals surface area contributed by atoms with Crippen molar-refractivity contribution >= 4 is 23.0 Å². The summed E-state index contributed by atoms with van der Waals surface area (Å²) in [7, 11) is 0. The summed E-state index contributed by atoms with van der Waals surface area (Å²) in [5.74, 6) is -0.335. The van der Waals surface area contributed by atoms with Gasteiger partial charge >= 0.3 is 0 Å². The van der Waals surface area contributed by atoms with Crippen molar-refractivity contribution in [1.82, 2.24) is 15.4 Å². The first-order valence-corrected chi connectivity index (χ1v) is 8.88. The number of hydrazone groups is 1. The Morgan fingerprint density at radius 1 is 1.07 bits per heavy atom. The molecule has 6 nitrogen and oxygen atoms in total. The Kier molecular flexibility index (Phi) is 5.04. The number of hydrogen-bond donors (Lipinski definition) is 1. The average molecular weight is 377 g/mol. The maximum absolute atomic E-state index is 12.8. The third kappa shape index (κ3) is 3.99. The minimum atomic E-state index is -0.335. The Hall–Kier alpha value is -4.37. The molecule has 1 amide bonds. The van der Waals surface area contributed by atoms with E-state index in [1.54, 1.807) is 42.7 Å². The summed E-state index contributed by atoms with van der Waals surface area (Å²) in [6.07, 6.45) is 4.93. The fourth-order valence-electron chi connectivity index (χ4n) is 2.89. The maximum atomic E-state index is 12.8. The molecule has 6 heteroatoms. The van der Waals surface area contributed by atoms with Gasteiger partial charge in [0.15, 0.2) is 0 Å². The fourth-order valence-corrected chi connectivity index (χ4v) is 2.89. The van der Waals surface area contributed by atoms with Crippen molar-refractivity contribution in [2.24, 2.45) is 5.10 Å². The lowest BCUT2D eigenvalue weighted by molar-refractivity contribution is 0.0956. The summed E-state index contributed by atoms with van der Waals surface area (Å²) < 4.78 is 0. The van der Waals surface area contributed by atoms with E-state index in [4.69, 9.17) is 5.26 Å². The van der Waals surface area contributed by atoms with E-state index in [0.29, 0.717) is 16.8 Å². The van der Waals surface area contributed by atoms with Crippen LogP contribution < -0.4 is 5.43 Å². The number of carbonyl (C=O) groups excluding carboxylic acids is 1. The van der Waals surface area contributed by atoms with Crippen LogP contribution in [0.5, 0.6) is 0 Å². The summed E-state index contributed by atoms with van der Waals surface area (Å²) in [5.41, 5.74) is 6.60. The highest BCUT2D eigenvalue weighted by Gasteiger charge is 2.13. The van der Waals surface area contributed by atoms with Crippen molar-refractivity contribution in [1.29, 1.82) is 5.26 Å². The number of pyridine rings is 2. The van der Waals surface area contributed by atoms with E-state index in [1.165, 1.54) is 6.21 Å². The zero-order chi connectivity index (χ0) is 20.1. The molecule has 0 unspecified atom stereocenters. The zero-order valence-corrected chi connectivity index (χ0v) is 15.3. The van der Waals surface area contributed by atoms with Gasteiger partial charge in [0.25, 0.3) is 5.91 Å². The van der Waals surface area contributed by atoms with Crippen LogP contribution in [-0.2, 0) is 0 Å². The van der Waals surface area contributed by atoms with E-state index in [9.17, 15) is 4.79 Å². The summed E-state index contributed by atoms with van der Waals surface area (Å²) in [6, 6.07) is 21.9. The van der Waals surface area contributed by atoms with E-state index in [2.05, 4.69) is 26.6 Å². The highest BCUT2D eigenvalue weighted by Crippen LogP contribution is 2.24. The van der Waals surface area contributed by atoms with Crippen molar-refractivity contribution in [3.05, 3.63) is 95.8 Å². The molecule has 0 aliphatic carbocycles. The molecule has 29 heavy (non-hydrogen) atoms. The minimum Gasteiger partial charge on any atom is -0.267 e. The zero-order valence-electron chi connectivity index (χ0n) is 15.3. The van der Waals surface area contributed by atoms with Crippen LogP contribution in [0.25, 0.3) is 22.2 Å². The van der Waals surface area contributed by atoms with Crippen LogP contribution in [0.1, 0.15) is 21.5 Å². The van der Waals surface area contributed by atoms with Crippen LogP contribution in [0.3, 0.4) is 0 Å². The van der Waals surface area contributed by atoms with Crippen molar-refractivity contribution in [2.45, 2.75) is 0 Å². The third-order valence-electron chi connectivity index (χ3n) is 4.34. The smallest absolute Gasteiger partial charge is 0.267 e. The van der Waals surface area contributed by atoms with Crippen molar-refractivity contribution in [3.63, 3.8) is 0 Å². The number of benzene rings is 2. The van der Waals surface area contributed by atoms with Gasteiger partial charge < -0.3 is 0 Å². The van der Waals surface area contributed by atoms with E-state index in [0.717, 1.165) is 22.0 Å². The quantitative estimate of drug-likeness (QED) is 0.431. The number of nitriles is 1. The third-order valence-corrected chi connectivity index (χ3v) is 4.34. The lowest BCUT2D eigenvalue weighted by atomic mass is 10.0. The number of hydrogen-bond acceptors (Lipinski definition) is 5. The molecular formula is C23H15N5O. The standard InChI is InChI=1S/C23H15N5O/c24-13-16-7-9-17(10-8-16)14-26-28-23(29)20-12-22(18-4-3-11-25-15-18)27-21-6-2-1-5-19(20)21/h1-12,14-15H,(H,28,29)/b26-14-. The molecule has 0 saturated heterocycles. The molecule has 2 heterocycles. The van der Waals surface area contributed by atoms with Crippen LogP contribution in [0.2, 0.25) is 0 Å². The SMILES string of the molecule is N#Cc1ccc(/C=N\NC(=O)c2cc(-c3cccnc3)nc3ccccc23)cc1. The number of nitrogens with zero attached hydrogens (tertiary/aromatic N) is 4. The summed E-state index contributed by atoms with van der Waals surface area (Å²) >= 11 is 0. The van der Waals surface area contributed by atoms with Crippen molar-refractivity contribution < 1.29 is 4.79 Å². The van der Waals surface area contributed by atoms with Gasteiger partial charge in [-0.1, -0.05) is 30.3 Å². The number of carbonyl (C=O) groups is 1.